The molecule has 2 rings (SSSR count). The molecular weight excluding hydrogens is 266 g/mol. The first kappa shape index (κ1) is 16.1. The molecule has 5 heteroatoms. The average molecular weight is 293 g/mol. The SMILES string of the molecule is CC(C)(C)OC(=O)N1CCN(C2(C#N)CCCCC2)CC1. The Kier molecular flexibility index (Phi) is 4.77. The summed E-state index contributed by atoms with van der Waals surface area (Å²) >= 11 is 0. The molecule has 0 aromatic carbocycles. The first-order valence-electron chi connectivity index (χ1n) is 8.01. The Hall–Kier alpha value is -1.28. The van der Waals surface area contributed by atoms with E-state index in [4.69, 9.17) is 4.74 Å². The molecule has 1 amide bonds. The monoisotopic (exact) mass is 293 g/mol. The van der Waals surface area contributed by atoms with Gasteiger partial charge in [-0.2, -0.15) is 5.26 Å². The number of piperazine rings is 1. The van der Waals surface area contributed by atoms with Crippen molar-refractivity contribution in [2.24, 2.45) is 0 Å². The van der Waals surface area contributed by atoms with Crippen molar-refractivity contribution in [3.63, 3.8) is 0 Å². The topological polar surface area (TPSA) is 56.6 Å². The lowest BCUT2D eigenvalue weighted by atomic mass is 9.81. The molecule has 2 aliphatic rings. The summed E-state index contributed by atoms with van der Waals surface area (Å²) in [5, 5.41) is 9.62. The van der Waals surface area contributed by atoms with Gasteiger partial charge < -0.3 is 9.64 Å². The number of carbonyl (C=O) groups excluding carboxylic acids is 1. The number of ether oxygens (including phenoxy) is 1. The number of hydrogen-bond acceptors (Lipinski definition) is 4. The summed E-state index contributed by atoms with van der Waals surface area (Å²) in [5.41, 5.74) is -0.746. The average Bonchev–Trinajstić information content (AvgIpc) is 2.46. The second-order valence-corrected chi connectivity index (χ2v) is 7.16. The fraction of sp³-hybridized carbons (Fsp3) is 0.875. The molecule has 0 N–H and O–H groups in total. The fourth-order valence-electron chi connectivity index (χ4n) is 3.28. The van der Waals surface area contributed by atoms with Crippen LogP contribution in [-0.2, 0) is 4.74 Å². The van der Waals surface area contributed by atoms with Gasteiger partial charge in [-0.15, -0.1) is 0 Å². The summed E-state index contributed by atoms with van der Waals surface area (Å²) in [4.78, 5) is 16.1. The summed E-state index contributed by atoms with van der Waals surface area (Å²) in [5.74, 6) is 0. The van der Waals surface area contributed by atoms with Gasteiger partial charge in [0, 0.05) is 26.2 Å². The maximum absolute atomic E-state index is 12.1. The number of nitrogens with zero attached hydrogens (tertiary/aromatic N) is 3. The highest BCUT2D eigenvalue weighted by atomic mass is 16.6. The summed E-state index contributed by atoms with van der Waals surface area (Å²) in [6.45, 7) is 8.49. The van der Waals surface area contributed by atoms with Gasteiger partial charge in [0.15, 0.2) is 0 Å². The van der Waals surface area contributed by atoms with Crippen LogP contribution < -0.4 is 0 Å². The first-order valence-corrected chi connectivity index (χ1v) is 8.01. The van der Waals surface area contributed by atoms with Gasteiger partial charge in [-0.05, 0) is 33.6 Å². The number of amides is 1. The maximum atomic E-state index is 12.1. The van der Waals surface area contributed by atoms with Crippen LogP contribution in [0.5, 0.6) is 0 Å². The minimum Gasteiger partial charge on any atom is -0.444 e. The van der Waals surface area contributed by atoms with E-state index in [1.807, 2.05) is 20.8 Å². The molecular formula is C16H27N3O2. The Morgan fingerprint density at radius 2 is 1.67 bits per heavy atom. The lowest BCUT2D eigenvalue weighted by molar-refractivity contribution is -0.000296. The van der Waals surface area contributed by atoms with E-state index >= 15 is 0 Å². The van der Waals surface area contributed by atoms with Crippen molar-refractivity contribution in [2.75, 3.05) is 26.2 Å². The summed E-state index contributed by atoms with van der Waals surface area (Å²) < 4.78 is 5.41. The highest BCUT2D eigenvalue weighted by molar-refractivity contribution is 5.68. The first-order chi connectivity index (χ1) is 9.86. The Labute approximate surface area is 127 Å². The lowest BCUT2D eigenvalue weighted by Crippen LogP contribution is -2.58. The molecule has 118 valence electrons. The second-order valence-electron chi connectivity index (χ2n) is 7.16. The standard InChI is InChI=1S/C16H27N3O2/c1-15(2,3)21-14(20)18-9-11-19(12-10-18)16(13-17)7-5-4-6-8-16/h4-12H2,1-3H3. The number of rotatable bonds is 1. The van der Waals surface area contributed by atoms with Crippen molar-refractivity contribution < 1.29 is 9.53 Å². The molecule has 0 aromatic rings. The quantitative estimate of drug-likeness (QED) is 0.746. The third-order valence-electron chi connectivity index (χ3n) is 4.43. The lowest BCUT2D eigenvalue weighted by Gasteiger charge is -2.45. The van der Waals surface area contributed by atoms with Gasteiger partial charge >= 0.3 is 6.09 Å². The fourth-order valence-corrected chi connectivity index (χ4v) is 3.28. The molecule has 1 aliphatic carbocycles. The van der Waals surface area contributed by atoms with Crippen LogP contribution in [-0.4, -0.2) is 53.2 Å². The molecule has 1 saturated carbocycles. The van der Waals surface area contributed by atoms with Gasteiger partial charge in [0.2, 0.25) is 0 Å². The zero-order valence-corrected chi connectivity index (χ0v) is 13.5. The van der Waals surface area contributed by atoms with Gasteiger partial charge in [-0.1, -0.05) is 19.3 Å². The molecule has 2 fully saturated rings. The predicted molar refractivity (Wildman–Crippen MR) is 80.8 cm³/mol. The molecule has 1 saturated heterocycles. The van der Waals surface area contributed by atoms with E-state index < -0.39 is 5.60 Å². The highest BCUT2D eigenvalue weighted by Crippen LogP contribution is 2.33. The third kappa shape index (κ3) is 3.88. The van der Waals surface area contributed by atoms with Gasteiger partial charge in [-0.25, -0.2) is 4.79 Å². The largest absolute Gasteiger partial charge is 0.444 e. The third-order valence-corrected chi connectivity index (χ3v) is 4.43. The van der Waals surface area contributed by atoms with Crippen LogP contribution in [0.4, 0.5) is 4.79 Å². The Morgan fingerprint density at radius 1 is 1.10 bits per heavy atom. The van der Waals surface area contributed by atoms with Crippen LogP contribution in [0, 0.1) is 11.3 Å². The molecule has 0 atom stereocenters. The van der Waals surface area contributed by atoms with Gasteiger partial charge in [0.25, 0.3) is 0 Å². The maximum Gasteiger partial charge on any atom is 0.410 e. The molecule has 0 unspecified atom stereocenters. The van der Waals surface area contributed by atoms with Crippen molar-refractivity contribution in [3.05, 3.63) is 0 Å². The Balaban J connectivity index is 1.91. The van der Waals surface area contributed by atoms with E-state index in [1.165, 1.54) is 6.42 Å². The molecule has 1 heterocycles. The molecule has 21 heavy (non-hydrogen) atoms. The van der Waals surface area contributed by atoms with Crippen molar-refractivity contribution in [1.29, 1.82) is 5.26 Å². The predicted octanol–water partition coefficient (Wildman–Crippen LogP) is 2.77. The van der Waals surface area contributed by atoms with Gasteiger partial charge in [0.1, 0.15) is 11.1 Å². The van der Waals surface area contributed by atoms with Crippen molar-refractivity contribution in [2.45, 2.75) is 64.0 Å². The normalized spacial score (nSPS) is 23.4. The molecule has 0 bridgehead atoms. The number of carbonyl (C=O) groups is 1. The van der Waals surface area contributed by atoms with E-state index in [-0.39, 0.29) is 11.6 Å². The minimum atomic E-state index is -0.453. The summed E-state index contributed by atoms with van der Waals surface area (Å²) in [6, 6.07) is 2.56. The minimum absolute atomic E-state index is 0.239. The summed E-state index contributed by atoms with van der Waals surface area (Å²) in [7, 11) is 0. The van der Waals surface area contributed by atoms with Crippen molar-refractivity contribution in [1.82, 2.24) is 9.80 Å². The molecule has 5 nitrogen and oxygen atoms in total. The van der Waals surface area contributed by atoms with Gasteiger partial charge in [-0.3, -0.25) is 4.90 Å². The van der Waals surface area contributed by atoms with E-state index in [1.54, 1.807) is 4.90 Å². The molecule has 0 spiro atoms. The van der Waals surface area contributed by atoms with Crippen LogP contribution in [0.15, 0.2) is 0 Å². The van der Waals surface area contributed by atoms with E-state index in [2.05, 4.69) is 11.0 Å². The zero-order chi connectivity index (χ0) is 15.5. The Morgan fingerprint density at radius 3 is 2.14 bits per heavy atom. The van der Waals surface area contributed by atoms with Crippen LogP contribution in [0.25, 0.3) is 0 Å². The van der Waals surface area contributed by atoms with Crippen LogP contribution >= 0.6 is 0 Å². The van der Waals surface area contributed by atoms with Crippen LogP contribution in [0.1, 0.15) is 52.9 Å². The molecule has 0 aromatic heterocycles. The number of nitriles is 1. The van der Waals surface area contributed by atoms with E-state index in [0.717, 1.165) is 38.8 Å². The van der Waals surface area contributed by atoms with Crippen LogP contribution in [0.2, 0.25) is 0 Å². The molecule has 0 radical (unpaired) electrons. The van der Waals surface area contributed by atoms with Gasteiger partial charge in [0.05, 0.1) is 6.07 Å². The van der Waals surface area contributed by atoms with Crippen LogP contribution in [0.3, 0.4) is 0 Å². The summed E-state index contributed by atoms with van der Waals surface area (Å²) in [6.07, 6.45) is 5.21. The smallest absolute Gasteiger partial charge is 0.410 e. The highest BCUT2D eigenvalue weighted by Gasteiger charge is 2.40. The van der Waals surface area contributed by atoms with Crippen molar-refractivity contribution in [3.8, 4) is 6.07 Å². The Bertz CT molecular complexity index is 408. The number of hydrogen-bond donors (Lipinski definition) is 0. The second kappa shape index (κ2) is 6.23. The molecule has 1 aliphatic heterocycles. The van der Waals surface area contributed by atoms with E-state index in [9.17, 15) is 10.1 Å². The van der Waals surface area contributed by atoms with Crippen molar-refractivity contribution >= 4 is 6.09 Å². The van der Waals surface area contributed by atoms with E-state index in [0.29, 0.717) is 13.1 Å². The zero-order valence-electron chi connectivity index (χ0n) is 13.5.